The zero-order valence-corrected chi connectivity index (χ0v) is 13.0. The summed E-state index contributed by atoms with van der Waals surface area (Å²) in [5.74, 6) is 5.77. The van der Waals surface area contributed by atoms with Gasteiger partial charge in [-0.3, -0.25) is 4.79 Å². The number of anilines is 1. The van der Waals surface area contributed by atoms with Crippen LogP contribution in [0.25, 0.3) is 0 Å². The van der Waals surface area contributed by atoms with E-state index in [1.54, 1.807) is 0 Å². The molecule has 1 heterocycles. The Labute approximate surface area is 129 Å². The van der Waals surface area contributed by atoms with Crippen molar-refractivity contribution in [1.82, 2.24) is 0 Å². The van der Waals surface area contributed by atoms with Crippen LogP contribution in [0.2, 0.25) is 0 Å². The second kappa shape index (κ2) is 7.07. The molecule has 3 N–H and O–H groups in total. The van der Waals surface area contributed by atoms with Gasteiger partial charge in [-0.2, -0.15) is 0 Å². The van der Waals surface area contributed by atoms with Crippen LogP contribution >= 0.6 is 11.3 Å². The van der Waals surface area contributed by atoms with Gasteiger partial charge in [-0.25, -0.2) is 0 Å². The van der Waals surface area contributed by atoms with Gasteiger partial charge in [-0.1, -0.05) is 18.8 Å². The zero-order chi connectivity index (χ0) is 15.2. The Morgan fingerprint density at radius 3 is 2.76 bits per heavy atom. The highest BCUT2D eigenvalue weighted by atomic mass is 32.1. The van der Waals surface area contributed by atoms with Gasteiger partial charge in [-0.15, -0.1) is 11.3 Å². The van der Waals surface area contributed by atoms with Gasteiger partial charge in [0.05, 0.1) is 11.4 Å². The van der Waals surface area contributed by atoms with Crippen LogP contribution in [-0.2, 0) is 6.42 Å². The van der Waals surface area contributed by atoms with E-state index in [2.05, 4.69) is 24.1 Å². The summed E-state index contributed by atoms with van der Waals surface area (Å²) in [5, 5.41) is 2.92. The van der Waals surface area contributed by atoms with Gasteiger partial charge in [0.2, 0.25) is 0 Å². The number of thiophene rings is 1. The average molecular weight is 298 g/mol. The van der Waals surface area contributed by atoms with Crippen LogP contribution in [0, 0.1) is 18.8 Å². The molecule has 1 amide bonds. The molecule has 1 aromatic heterocycles. The van der Waals surface area contributed by atoms with Crippen LogP contribution in [-0.4, -0.2) is 12.5 Å². The molecule has 0 saturated heterocycles. The predicted octanol–water partition coefficient (Wildman–Crippen LogP) is 3.18. The Morgan fingerprint density at radius 2 is 2.14 bits per heavy atom. The minimum Gasteiger partial charge on any atom is -0.321 e. The Hall–Kier alpha value is -2.09. The van der Waals surface area contributed by atoms with Crippen molar-refractivity contribution in [3.63, 3.8) is 0 Å². The van der Waals surface area contributed by atoms with Crippen LogP contribution in [0.1, 0.15) is 32.6 Å². The molecule has 2 aromatic rings. The van der Waals surface area contributed by atoms with Crippen molar-refractivity contribution in [3.8, 4) is 11.8 Å². The average Bonchev–Trinajstić information content (AvgIpc) is 2.95. The summed E-state index contributed by atoms with van der Waals surface area (Å²) in [4.78, 5) is 14.1. The standard InChI is InChI=1S/C17H18N2OS/c1-3-15-8-9-16(21-15)17(20)19-14-7-6-13(5-4-10-18)12(2)11-14/h6-9,11H,3,10,18H2,1-2H3,(H,19,20). The number of amides is 1. The van der Waals surface area contributed by atoms with Crippen molar-refractivity contribution < 1.29 is 4.79 Å². The summed E-state index contributed by atoms with van der Waals surface area (Å²) >= 11 is 1.53. The third-order valence-electron chi connectivity index (χ3n) is 3.04. The summed E-state index contributed by atoms with van der Waals surface area (Å²) in [5.41, 5.74) is 8.11. The SMILES string of the molecule is CCc1ccc(C(=O)Nc2ccc(C#CCN)c(C)c2)s1. The highest BCUT2D eigenvalue weighted by Gasteiger charge is 2.09. The fourth-order valence-electron chi connectivity index (χ4n) is 1.91. The summed E-state index contributed by atoms with van der Waals surface area (Å²) < 4.78 is 0. The van der Waals surface area contributed by atoms with E-state index in [0.29, 0.717) is 6.54 Å². The minimum absolute atomic E-state index is 0.0695. The first-order chi connectivity index (χ1) is 10.1. The molecule has 0 fully saturated rings. The van der Waals surface area contributed by atoms with Gasteiger partial charge < -0.3 is 11.1 Å². The first kappa shape index (κ1) is 15.3. The normalized spacial score (nSPS) is 9.86. The van der Waals surface area contributed by atoms with E-state index in [9.17, 15) is 4.79 Å². The molecule has 1 aromatic carbocycles. The van der Waals surface area contributed by atoms with Crippen molar-refractivity contribution in [2.45, 2.75) is 20.3 Å². The van der Waals surface area contributed by atoms with E-state index in [1.165, 1.54) is 16.2 Å². The van der Waals surface area contributed by atoms with E-state index >= 15 is 0 Å². The van der Waals surface area contributed by atoms with Crippen molar-refractivity contribution in [2.24, 2.45) is 5.73 Å². The summed E-state index contributed by atoms with van der Waals surface area (Å²) in [7, 11) is 0. The zero-order valence-electron chi connectivity index (χ0n) is 12.2. The minimum atomic E-state index is -0.0695. The highest BCUT2D eigenvalue weighted by molar-refractivity contribution is 7.14. The lowest BCUT2D eigenvalue weighted by molar-refractivity contribution is 0.103. The van der Waals surface area contributed by atoms with Gasteiger partial charge >= 0.3 is 0 Å². The number of rotatable bonds is 3. The lowest BCUT2D eigenvalue weighted by Gasteiger charge is -2.06. The maximum Gasteiger partial charge on any atom is 0.265 e. The molecule has 0 atom stereocenters. The number of carbonyl (C=O) groups excluding carboxylic acids is 1. The number of aryl methyl sites for hydroxylation is 2. The molecule has 0 aliphatic rings. The van der Waals surface area contributed by atoms with Gasteiger partial charge in [0.25, 0.3) is 5.91 Å². The molecule has 0 aliphatic carbocycles. The van der Waals surface area contributed by atoms with Gasteiger partial charge in [0.15, 0.2) is 0 Å². The van der Waals surface area contributed by atoms with Gasteiger partial charge in [-0.05, 0) is 49.2 Å². The second-order valence-corrected chi connectivity index (χ2v) is 5.78. The molecule has 0 radical (unpaired) electrons. The van der Waals surface area contributed by atoms with E-state index < -0.39 is 0 Å². The molecule has 0 unspecified atom stereocenters. The van der Waals surface area contributed by atoms with Crippen molar-refractivity contribution in [2.75, 3.05) is 11.9 Å². The molecule has 21 heavy (non-hydrogen) atoms. The topological polar surface area (TPSA) is 55.1 Å². The first-order valence-electron chi connectivity index (χ1n) is 6.83. The van der Waals surface area contributed by atoms with Crippen molar-refractivity contribution >= 4 is 22.9 Å². The fraction of sp³-hybridized carbons (Fsp3) is 0.235. The summed E-state index contributed by atoms with van der Waals surface area (Å²) in [6.45, 7) is 4.39. The lowest BCUT2D eigenvalue weighted by atomic mass is 10.1. The quantitative estimate of drug-likeness (QED) is 0.855. The molecule has 0 bridgehead atoms. The molecule has 0 spiro atoms. The molecular formula is C17H18N2OS. The largest absolute Gasteiger partial charge is 0.321 e. The fourth-order valence-corrected chi connectivity index (χ4v) is 2.75. The van der Waals surface area contributed by atoms with Crippen LogP contribution in [0.5, 0.6) is 0 Å². The summed E-state index contributed by atoms with van der Waals surface area (Å²) in [6.07, 6.45) is 0.950. The lowest BCUT2D eigenvalue weighted by Crippen LogP contribution is -2.10. The number of nitrogens with one attached hydrogen (secondary N) is 1. The summed E-state index contributed by atoms with van der Waals surface area (Å²) in [6, 6.07) is 9.55. The second-order valence-electron chi connectivity index (χ2n) is 4.61. The van der Waals surface area contributed by atoms with E-state index in [4.69, 9.17) is 5.73 Å². The predicted molar refractivity (Wildman–Crippen MR) is 88.8 cm³/mol. The highest BCUT2D eigenvalue weighted by Crippen LogP contribution is 2.20. The Morgan fingerprint density at radius 1 is 1.33 bits per heavy atom. The Balaban J connectivity index is 2.12. The van der Waals surface area contributed by atoms with Crippen LogP contribution < -0.4 is 11.1 Å². The monoisotopic (exact) mass is 298 g/mol. The van der Waals surface area contributed by atoms with Gasteiger partial charge in [0.1, 0.15) is 0 Å². The molecule has 4 heteroatoms. The number of benzene rings is 1. The molecule has 0 saturated carbocycles. The molecule has 2 rings (SSSR count). The first-order valence-corrected chi connectivity index (χ1v) is 7.65. The Bertz CT molecular complexity index is 707. The number of hydrogen-bond acceptors (Lipinski definition) is 3. The molecular weight excluding hydrogens is 280 g/mol. The van der Waals surface area contributed by atoms with Crippen LogP contribution in [0.3, 0.4) is 0 Å². The van der Waals surface area contributed by atoms with E-state index in [1.807, 2.05) is 37.3 Å². The third-order valence-corrected chi connectivity index (χ3v) is 4.27. The molecule has 3 nitrogen and oxygen atoms in total. The molecule has 0 aliphatic heterocycles. The number of hydrogen-bond donors (Lipinski definition) is 2. The van der Waals surface area contributed by atoms with Crippen molar-refractivity contribution in [1.29, 1.82) is 0 Å². The smallest absolute Gasteiger partial charge is 0.265 e. The molecule has 108 valence electrons. The van der Waals surface area contributed by atoms with E-state index in [-0.39, 0.29) is 5.91 Å². The van der Waals surface area contributed by atoms with Crippen LogP contribution in [0.15, 0.2) is 30.3 Å². The van der Waals surface area contributed by atoms with Gasteiger partial charge in [0, 0.05) is 16.1 Å². The van der Waals surface area contributed by atoms with Crippen LogP contribution in [0.4, 0.5) is 5.69 Å². The van der Waals surface area contributed by atoms with E-state index in [0.717, 1.165) is 28.1 Å². The number of carbonyl (C=O) groups is 1. The Kier molecular flexibility index (Phi) is 5.15. The maximum absolute atomic E-state index is 12.2. The van der Waals surface area contributed by atoms with Crippen molar-refractivity contribution in [3.05, 3.63) is 51.2 Å². The maximum atomic E-state index is 12.2. The third kappa shape index (κ3) is 3.94. The number of nitrogens with two attached hydrogens (primary N) is 1.